The molecule has 7 nitrogen and oxygen atoms in total. The van der Waals surface area contributed by atoms with E-state index in [1.165, 1.54) is 6.07 Å². The third-order valence-electron chi connectivity index (χ3n) is 3.95. The van der Waals surface area contributed by atoms with Crippen molar-refractivity contribution >= 4 is 29.2 Å². The molecule has 24 heavy (non-hydrogen) atoms. The molecule has 0 radical (unpaired) electrons. The molecule has 2 aliphatic rings. The van der Waals surface area contributed by atoms with Gasteiger partial charge in [0.2, 0.25) is 5.16 Å². The van der Waals surface area contributed by atoms with Crippen LogP contribution in [0.25, 0.3) is 0 Å². The lowest BCUT2D eigenvalue weighted by Gasteiger charge is -2.25. The number of fused-ring (bicyclic) bond motifs is 3. The second kappa shape index (κ2) is 6.14. The van der Waals surface area contributed by atoms with Crippen molar-refractivity contribution in [3.63, 3.8) is 0 Å². The number of nitro benzene ring substituents is 1. The molecule has 0 N–H and O–H groups in total. The number of hydrogen-bond acceptors (Lipinski definition) is 7. The van der Waals surface area contributed by atoms with Gasteiger partial charge in [0.15, 0.2) is 5.82 Å². The van der Waals surface area contributed by atoms with Gasteiger partial charge in [0.25, 0.3) is 5.69 Å². The number of benzene rings is 1. The molecular weight excluding hydrogens is 346 g/mol. The Morgan fingerprint density at radius 3 is 3.04 bits per heavy atom. The second-order valence-corrected chi connectivity index (χ2v) is 7.50. The highest BCUT2D eigenvalue weighted by atomic mass is 32.2. The smallest absolute Gasteiger partial charge is 0.258 e. The Labute approximate surface area is 147 Å². The molecule has 3 heterocycles. The number of aromatic nitrogens is 3. The molecule has 2 aliphatic heterocycles. The van der Waals surface area contributed by atoms with Crippen LogP contribution in [0.3, 0.4) is 0 Å². The minimum absolute atomic E-state index is 0.0370. The number of hydrogen-bond donors (Lipinski definition) is 0. The Bertz CT molecular complexity index is 835. The van der Waals surface area contributed by atoms with Crippen LogP contribution in [0.2, 0.25) is 0 Å². The fourth-order valence-electron chi connectivity index (χ4n) is 2.80. The summed E-state index contributed by atoms with van der Waals surface area (Å²) < 4.78 is 2.07. The molecule has 9 heteroatoms. The van der Waals surface area contributed by atoms with E-state index < -0.39 is 0 Å². The number of aryl methyl sites for hydroxylation is 1. The minimum atomic E-state index is -0.354. The zero-order valence-corrected chi connectivity index (χ0v) is 14.6. The van der Waals surface area contributed by atoms with E-state index in [-0.39, 0.29) is 16.0 Å². The Balaban J connectivity index is 1.70. The van der Waals surface area contributed by atoms with Crippen LogP contribution in [0, 0.1) is 10.1 Å². The first-order valence-electron chi connectivity index (χ1n) is 7.70. The Morgan fingerprint density at radius 1 is 1.38 bits per heavy atom. The fraction of sp³-hybridized carbons (Fsp3) is 0.333. The van der Waals surface area contributed by atoms with Gasteiger partial charge in [-0.05, 0) is 23.7 Å². The first-order valence-corrected chi connectivity index (χ1v) is 9.46. The predicted molar refractivity (Wildman–Crippen MR) is 94.2 cm³/mol. The molecule has 0 amide bonds. The van der Waals surface area contributed by atoms with Gasteiger partial charge in [-0.1, -0.05) is 37.2 Å². The Morgan fingerprint density at radius 2 is 2.25 bits per heavy atom. The van der Waals surface area contributed by atoms with Crippen molar-refractivity contribution in [1.82, 2.24) is 14.9 Å². The summed E-state index contributed by atoms with van der Waals surface area (Å²) in [6, 6.07) is 6.83. The van der Waals surface area contributed by atoms with Gasteiger partial charge in [0.1, 0.15) is 10.4 Å². The summed E-state index contributed by atoms with van der Waals surface area (Å²) in [5.41, 5.74) is 1.02. The molecule has 0 bridgehead atoms. The van der Waals surface area contributed by atoms with Gasteiger partial charge < -0.3 is 0 Å². The van der Waals surface area contributed by atoms with Crippen molar-refractivity contribution in [3.8, 4) is 0 Å². The van der Waals surface area contributed by atoms with E-state index in [0.29, 0.717) is 0 Å². The summed E-state index contributed by atoms with van der Waals surface area (Å²) in [5, 5.41) is 25.8. The number of thioether (sulfide) groups is 2. The van der Waals surface area contributed by atoms with Crippen LogP contribution in [-0.4, -0.2) is 19.8 Å². The summed E-state index contributed by atoms with van der Waals surface area (Å²) in [6.45, 7) is 2.15. The molecule has 124 valence electrons. The monoisotopic (exact) mass is 361 g/mol. The number of non-ortho nitro benzene ring substituents is 1. The van der Waals surface area contributed by atoms with Gasteiger partial charge in [0, 0.05) is 24.0 Å². The fourth-order valence-corrected chi connectivity index (χ4v) is 5.03. The Hall–Kier alpha value is -2.00. The quantitative estimate of drug-likeness (QED) is 0.592. The zero-order chi connectivity index (χ0) is 16.7. The molecule has 0 aliphatic carbocycles. The predicted octanol–water partition coefficient (Wildman–Crippen LogP) is 3.82. The van der Waals surface area contributed by atoms with Crippen molar-refractivity contribution < 1.29 is 4.92 Å². The average molecular weight is 361 g/mol. The molecule has 0 saturated carbocycles. The van der Waals surface area contributed by atoms with Gasteiger partial charge in [-0.15, -0.1) is 10.2 Å². The van der Waals surface area contributed by atoms with E-state index in [0.717, 1.165) is 40.8 Å². The van der Waals surface area contributed by atoms with E-state index in [2.05, 4.69) is 32.2 Å². The van der Waals surface area contributed by atoms with Crippen LogP contribution in [0.4, 0.5) is 5.69 Å². The van der Waals surface area contributed by atoms with E-state index in [4.69, 9.17) is 0 Å². The third kappa shape index (κ3) is 2.48. The van der Waals surface area contributed by atoms with Crippen molar-refractivity contribution in [2.24, 2.45) is 0 Å². The molecule has 0 spiro atoms. The van der Waals surface area contributed by atoms with Crippen LogP contribution in [0.1, 0.15) is 36.5 Å². The van der Waals surface area contributed by atoms with Gasteiger partial charge in [-0.2, -0.15) is 0 Å². The summed E-state index contributed by atoms with van der Waals surface area (Å²) in [7, 11) is 0. The highest BCUT2D eigenvalue weighted by Crippen LogP contribution is 2.51. The summed E-state index contributed by atoms with van der Waals surface area (Å²) in [5.74, 6) is 0.945. The van der Waals surface area contributed by atoms with Gasteiger partial charge in [0.05, 0.1) is 4.92 Å². The number of rotatable bonds is 5. The average Bonchev–Trinajstić information content (AvgIpc) is 3.24. The Kier molecular flexibility index (Phi) is 3.97. The van der Waals surface area contributed by atoms with Crippen LogP contribution >= 0.6 is 23.5 Å². The van der Waals surface area contributed by atoms with Crippen molar-refractivity contribution in [1.29, 1.82) is 0 Å². The third-order valence-corrected chi connectivity index (χ3v) is 6.14. The van der Waals surface area contributed by atoms with Crippen LogP contribution in [-0.2, 0) is 6.42 Å². The maximum Gasteiger partial charge on any atom is 0.269 e. The number of unbranched alkanes of at least 4 members (excludes halogenated alkanes) is 1. The summed E-state index contributed by atoms with van der Waals surface area (Å²) >= 11 is 3.24. The van der Waals surface area contributed by atoms with Gasteiger partial charge in [-0.3, -0.25) is 15.1 Å². The first-order chi connectivity index (χ1) is 11.7. The standard InChI is InChI=1S/C15H15N5O2S2/c1-2-3-7-12-16-17-15-18(12)19-13(24-15)9-23-14(19)10-5-4-6-11(8-10)20(21)22/h4-6,8-9,14H,2-3,7H2,1H3/t14-/m0/s1. The molecule has 1 aromatic heterocycles. The molecule has 0 unspecified atom stereocenters. The van der Waals surface area contributed by atoms with Crippen LogP contribution in [0.15, 0.2) is 39.9 Å². The lowest BCUT2D eigenvalue weighted by atomic mass is 10.2. The maximum absolute atomic E-state index is 11.1. The SMILES string of the molecule is CCCCc1nnc2n1N1C(=CS[C@H]1c1cccc([N+](=O)[O-])c1)S2. The second-order valence-electron chi connectivity index (χ2n) is 5.56. The molecule has 1 aromatic carbocycles. The number of nitrogens with zero attached hydrogens (tertiary/aromatic N) is 5. The van der Waals surface area contributed by atoms with Crippen LogP contribution in [0.5, 0.6) is 0 Å². The number of nitro groups is 1. The topological polar surface area (TPSA) is 77.1 Å². The van der Waals surface area contributed by atoms with Crippen LogP contribution < -0.4 is 5.01 Å². The molecule has 0 saturated heterocycles. The van der Waals surface area contributed by atoms with Crippen molar-refractivity contribution in [3.05, 3.63) is 56.2 Å². The molecular formula is C15H15N5O2S2. The van der Waals surface area contributed by atoms with Gasteiger partial charge >= 0.3 is 0 Å². The van der Waals surface area contributed by atoms with E-state index in [9.17, 15) is 10.1 Å². The van der Waals surface area contributed by atoms with E-state index >= 15 is 0 Å². The maximum atomic E-state index is 11.1. The first kappa shape index (κ1) is 15.5. The van der Waals surface area contributed by atoms with E-state index in [1.54, 1.807) is 35.7 Å². The van der Waals surface area contributed by atoms with Gasteiger partial charge in [-0.25, -0.2) is 4.68 Å². The van der Waals surface area contributed by atoms with Crippen molar-refractivity contribution in [2.45, 2.75) is 36.7 Å². The summed E-state index contributed by atoms with van der Waals surface area (Å²) in [4.78, 5) is 10.7. The molecule has 4 rings (SSSR count). The molecule has 1 atom stereocenters. The van der Waals surface area contributed by atoms with E-state index in [1.807, 2.05) is 6.07 Å². The van der Waals surface area contributed by atoms with Crippen molar-refractivity contribution in [2.75, 3.05) is 5.01 Å². The lowest BCUT2D eigenvalue weighted by Crippen LogP contribution is -2.30. The molecule has 2 aromatic rings. The minimum Gasteiger partial charge on any atom is -0.258 e. The zero-order valence-electron chi connectivity index (χ0n) is 13.0. The normalized spacial score (nSPS) is 18.5. The largest absolute Gasteiger partial charge is 0.269 e. The summed E-state index contributed by atoms with van der Waals surface area (Å²) in [6.07, 6.45) is 3.03. The highest BCUT2D eigenvalue weighted by molar-refractivity contribution is 8.07. The lowest BCUT2D eigenvalue weighted by molar-refractivity contribution is -0.384. The molecule has 0 fully saturated rings. The highest BCUT2D eigenvalue weighted by Gasteiger charge is 2.39.